The molecule has 0 spiro atoms. The van der Waals surface area contributed by atoms with E-state index in [4.69, 9.17) is 5.73 Å². The molecule has 130 valence electrons. The van der Waals surface area contributed by atoms with Gasteiger partial charge in [0, 0.05) is 24.8 Å². The van der Waals surface area contributed by atoms with Crippen molar-refractivity contribution in [3.63, 3.8) is 0 Å². The fourth-order valence-electron chi connectivity index (χ4n) is 3.14. The van der Waals surface area contributed by atoms with Gasteiger partial charge >= 0.3 is 6.03 Å². The topological polar surface area (TPSA) is 88.3 Å². The number of urea groups is 1. The van der Waals surface area contributed by atoms with Gasteiger partial charge < -0.3 is 16.0 Å². The largest absolute Gasteiger partial charge is 0.366 e. The van der Waals surface area contributed by atoms with E-state index >= 15 is 0 Å². The minimum Gasteiger partial charge on any atom is -0.366 e. The van der Waals surface area contributed by atoms with E-state index in [0.29, 0.717) is 31.6 Å². The fourth-order valence-corrected chi connectivity index (χ4v) is 3.14. The summed E-state index contributed by atoms with van der Waals surface area (Å²) >= 11 is 0. The van der Waals surface area contributed by atoms with Crippen LogP contribution in [0.4, 0.5) is 4.79 Å². The number of hydrogen-bond donors (Lipinski definition) is 2. The lowest BCUT2D eigenvalue weighted by Crippen LogP contribution is -2.43. The van der Waals surface area contributed by atoms with Crippen LogP contribution in [0.5, 0.6) is 0 Å². The van der Waals surface area contributed by atoms with Crippen molar-refractivity contribution in [1.29, 1.82) is 0 Å². The van der Waals surface area contributed by atoms with Crippen molar-refractivity contribution >= 4 is 11.9 Å². The summed E-state index contributed by atoms with van der Waals surface area (Å²) in [6.07, 6.45) is 3.34. The van der Waals surface area contributed by atoms with Crippen LogP contribution in [0.2, 0.25) is 0 Å². The Bertz CT molecular complexity index is 804. The molecule has 0 atom stereocenters. The number of nitrogens with zero attached hydrogens (tertiary/aromatic N) is 2. The smallest absolute Gasteiger partial charge is 0.318 e. The van der Waals surface area contributed by atoms with Crippen LogP contribution in [0, 0.1) is 0 Å². The van der Waals surface area contributed by atoms with Crippen molar-refractivity contribution in [3.05, 3.63) is 64.5 Å². The van der Waals surface area contributed by atoms with Gasteiger partial charge in [0.15, 0.2) is 0 Å². The van der Waals surface area contributed by atoms with Crippen molar-refractivity contribution in [3.8, 4) is 0 Å². The predicted octanol–water partition coefficient (Wildman–Crippen LogP) is 2.01. The number of benzene rings is 1. The second-order valence-corrected chi connectivity index (χ2v) is 6.15. The zero-order valence-corrected chi connectivity index (χ0v) is 14.3. The highest BCUT2D eigenvalue weighted by Crippen LogP contribution is 2.22. The summed E-state index contributed by atoms with van der Waals surface area (Å²) in [5, 5.41) is 2.92. The molecule has 0 bridgehead atoms. The van der Waals surface area contributed by atoms with Crippen molar-refractivity contribution in [2.45, 2.75) is 32.9 Å². The second kappa shape index (κ2) is 7.34. The number of amides is 3. The van der Waals surface area contributed by atoms with E-state index in [1.165, 1.54) is 5.56 Å². The van der Waals surface area contributed by atoms with Crippen molar-refractivity contribution in [2.75, 3.05) is 6.54 Å². The highest BCUT2D eigenvalue weighted by atomic mass is 16.2. The third kappa shape index (κ3) is 3.79. The fraction of sp³-hybridized carbons (Fsp3) is 0.316. The van der Waals surface area contributed by atoms with Gasteiger partial charge in [-0.15, -0.1) is 0 Å². The SMILES string of the molecule is CCc1ccnc(CNC(=O)N2CCc3c(cccc3C(N)=O)C2)c1. The molecule has 0 fully saturated rings. The third-order valence-electron chi connectivity index (χ3n) is 4.53. The van der Waals surface area contributed by atoms with E-state index in [0.717, 1.165) is 23.2 Å². The van der Waals surface area contributed by atoms with Gasteiger partial charge in [-0.3, -0.25) is 9.78 Å². The van der Waals surface area contributed by atoms with E-state index in [1.807, 2.05) is 18.2 Å². The van der Waals surface area contributed by atoms with E-state index in [2.05, 4.69) is 17.2 Å². The number of nitrogens with one attached hydrogen (secondary N) is 1. The molecule has 1 aliphatic heterocycles. The van der Waals surface area contributed by atoms with Crippen LogP contribution in [0.3, 0.4) is 0 Å². The molecule has 3 rings (SSSR count). The molecule has 1 aliphatic rings. The summed E-state index contributed by atoms with van der Waals surface area (Å²) in [4.78, 5) is 30.0. The first-order chi connectivity index (χ1) is 12.1. The van der Waals surface area contributed by atoms with Gasteiger partial charge in [-0.05, 0) is 47.7 Å². The zero-order valence-electron chi connectivity index (χ0n) is 14.3. The van der Waals surface area contributed by atoms with Gasteiger partial charge in [0.1, 0.15) is 0 Å². The molecule has 0 unspecified atom stereocenters. The molecule has 25 heavy (non-hydrogen) atoms. The summed E-state index contributed by atoms with van der Waals surface area (Å²) in [6.45, 7) is 3.52. The highest BCUT2D eigenvalue weighted by molar-refractivity contribution is 5.94. The Balaban J connectivity index is 1.64. The zero-order chi connectivity index (χ0) is 17.8. The maximum Gasteiger partial charge on any atom is 0.318 e. The van der Waals surface area contributed by atoms with E-state index in [-0.39, 0.29) is 6.03 Å². The Morgan fingerprint density at radius 2 is 2.16 bits per heavy atom. The quantitative estimate of drug-likeness (QED) is 0.894. The van der Waals surface area contributed by atoms with Gasteiger partial charge in [0.2, 0.25) is 5.91 Å². The molecule has 0 radical (unpaired) electrons. The molecule has 6 nitrogen and oxygen atoms in total. The second-order valence-electron chi connectivity index (χ2n) is 6.15. The van der Waals surface area contributed by atoms with Crippen LogP contribution in [-0.2, 0) is 25.9 Å². The van der Waals surface area contributed by atoms with Gasteiger partial charge in [-0.25, -0.2) is 4.79 Å². The number of pyridine rings is 1. The molecule has 1 aromatic heterocycles. The first-order valence-corrected chi connectivity index (χ1v) is 8.45. The van der Waals surface area contributed by atoms with Gasteiger partial charge in [0.25, 0.3) is 0 Å². The number of fused-ring (bicyclic) bond motifs is 1. The number of hydrogen-bond acceptors (Lipinski definition) is 3. The van der Waals surface area contributed by atoms with Crippen LogP contribution < -0.4 is 11.1 Å². The lowest BCUT2D eigenvalue weighted by atomic mass is 9.94. The standard InChI is InChI=1S/C19H22N4O2/c1-2-13-6-8-21-15(10-13)11-22-19(25)23-9-7-16-14(12-23)4-3-5-17(16)18(20)24/h3-6,8,10H,2,7,9,11-12H2,1H3,(H2,20,24)(H,22,25). The number of carbonyl (C=O) groups excluding carboxylic acids is 2. The molecule has 3 amide bonds. The predicted molar refractivity (Wildman–Crippen MR) is 94.9 cm³/mol. The van der Waals surface area contributed by atoms with E-state index < -0.39 is 5.91 Å². The first-order valence-electron chi connectivity index (χ1n) is 8.45. The van der Waals surface area contributed by atoms with Crippen LogP contribution >= 0.6 is 0 Å². The molecule has 2 heterocycles. The van der Waals surface area contributed by atoms with Gasteiger partial charge in [0.05, 0.1) is 12.2 Å². The van der Waals surface area contributed by atoms with Crippen molar-refractivity contribution in [1.82, 2.24) is 15.2 Å². The average Bonchev–Trinajstić information content (AvgIpc) is 2.65. The Labute approximate surface area is 147 Å². The molecule has 6 heteroatoms. The average molecular weight is 338 g/mol. The lowest BCUT2D eigenvalue weighted by Gasteiger charge is -2.29. The summed E-state index contributed by atoms with van der Waals surface area (Å²) in [6, 6.07) is 9.34. The summed E-state index contributed by atoms with van der Waals surface area (Å²) in [7, 11) is 0. The van der Waals surface area contributed by atoms with Crippen LogP contribution in [0.15, 0.2) is 36.5 Å². The molecule has 1 aromatic carbocycles. The van der Waals surface area contributed by atoms with Crippen LogP contribution in [0.1, 0.15) is 39.7 Å². The number of rotatable bonds is 4. The Morgan fingerprint density at radius 3 is 2.92 bits per heavy atom. The summed E-state index contributed by atoms with van der Waals surface area (Å²) < 4.78 is 0. The molecule has 2 aromatic rings. The Hall–Kier alpha value is -2.89. The number of nitrogens with two attached hydrogens (primary N) is 1. The first kappa shape index (κ1) is 17.0. The number of aryl methyl sites for hydroxylation is 1. The van der Waals surface area contributed by atoms with Gasteiger partial charge in [-0.2, -0.15) is 0 Å². The molecule has 0 saturated heterocycles. The van der Waals surface area contributed by atoms with Crippen LogP contribution in [0.25, 0.3) is 0 Å². The maximum absolute atomic E-state index is 12.4. The third-order valence-corrected chi connectivity index (χ3v) is 4.53. The summed E-state index contributed by atoms with van der Waals surface area (Å²) in [5.41, 5.74) is 9.96. The van der Waals surface area contributed by atoms with E-state index in [1.54, 1.807) is 23.2 Å². The number of primary amides is 1. The van der Waals surface area contributed by atoms with Crippen LogP contribution in [-0.4, -0.2) is 28.4 Å². The maximum atomic E-state index is 12.4. The number of aromatic nitrogens is 1. The minimum absolute atomic E-state index is 0.126. The molecular weight excluding hydrogens is 316 g/mol. The molecular formula is C19H22N4O2. The molecule has 0 aliphatic carbocycles. The van der Waals surface area contributed by atoms with E-state index in [9.17, 15) is 9.59 Å². The van der Waals surface area contributed by atoms with Crippen molar-refractivity contribution in [2.24, 2.45) is 5.73 Å². The highest BCUT2D eigenvalue weighted by Gasteiger charge is 2.23. The Morgan fingerprint density at radius 1 is 1.32 bits per heavy atom. The Kier molecular flexibility index (Phi) is 4.97. The monoisotopic (exact) mass is 338 g/mol. The molecule has 3 N–H and O–H groups in total. The van der Waals surface area contributed by atoms with Crippen molar-refractivity contribution < 1.29 is 9.59 Å². The lowest BCUT2D eigenvalue weighted by molar-refractivity contribution is 0.0999. The minimum atomic E-state index is -0.420. The van der Waals surface area contributed by atoms with Gasteiger partial charge in [-0.1, -0.05) is 19.1 Å². The number of carbonyl (C=O) groups is 2. The summed E-state index contributed by atoms with van der Waals surface area (Å²) in [5.74, 6) is -0.420. The molecule has 0 saturated carbocycles. The normalized spacial score (nSPS) is 13.2.